The fraction of sp³-hybridized carbons (Fsp3) is 0.361. The van der Waals surface area contributed by atoms with Gasteiger partial charge in [0.15, 0.2) is 5.13 Å². The van der Waals surface area contributed by atoms with Crippen LogP contribution in [0.25, 0.3) is 0 Å². The monoisotopic (exact) mass is 759 g/mol. The molecule has 2 aromatic carbocycles. The average molecular weight is 760 g/mol. The second-order valence-electron chi connectivity index (χ2n) is 12.9. The highest BCUT2D eigenvalue weighted by molar-refractivity contribution is 7.99. The van der Waals surface area contributed by atoms with Gasteiger partial charge in [-0.05, 0) is 68.3 Å². The van der Waals surface area contributed by atoms with Gasteiger partial charge in [0, 0.05) is 55.7 Å². The van der Waals surface area contributed by atoms with E-state index in [-0.39, 0.29) is 24.1 Å². The standard InChI is InChI=1S/C36H38ClN9O4S2/c1-21-6-3-8-25(37)32(21)43-34(49)28-19-38-36(52-28)41-29-18-30(40-22(2)39-29)45-15-13-44(14-16-45)12-5-17-51-27-9-4-7-23-24(27)20-46(35(23)50)26-10-11-31(47)42-33(26)48/h3-4,6-9,18-19,26H,5,10-17,20H2,1-2H3,(H,43,49)(H,42,47,48)(H,38,39,40,41). The number of halogens is 1. The Morgan fingerprint density at radius 1 is 1.08 bits per heavy atom. The van der Waals surface area contributed by atoms with E-state index in [2.05, 4.69) is 35.7 Å². The molecule has 0 radical (unpaired) electrons. The summed E-state index contributed by atoms with van der Waals surface area (Å²) in [5.41, 5.74) is 3.07. The average Bonchev–Trinajstić information content (AvgIpc) is 3.73. The number of nitrogens with one attached hydrogen (secondary N) is 3. The minimum atomic E-state index is -0.611. The number of amides is 4. The number of benzene rings is 2. The number of imide groups is 1. The van der Waals surface area contributed by atoms with E-state index >= 15 is 0 Å². The van der Waals surface area contributed by atoms with Crippen molar-refractivity contribution in [1.29, 1.82) is 0 Å². The van der Waals surface area contributed by atoms with Crippen LogP contribution in [0.5, 0.6) is 0 Å². The van der Waals surface area contributed by atoms with Crippen LogP contribution in [0.4, 0.5) is 22.5 Å². The molecule has 0 spiro atoms. The van der Waals surface area contributed by atoms with Gasteiger partial charge in [0.25, 0.3) is 11.8 Å². The van der Waals surface area contributed by atoms with E-state index in [1.54, 1.807) is 22.7 Å². The number of piperazine rings is 1. The van der Waals surface area contributed by atoms with Crippen LogP contribution in [-0.2, 0) is 16.1 Å². The van der Waals surface area contributed by atoms with Crippen LogP contribution >= 0.6 is 34.7 Å². The lowest BCUT2D eigenvalue weighted by Gasteiger charge is -2.35. The predicted molar refractivity (Wildman–Crippen MR) is 203 cm³/mol. The predicted octanol–water partition coefficient (Wildman–Crippen LogP) is 5.26. The Morgan fingerprint density at radius 3 is 2.67 bits per heavy atom. The van der Waals surface area contributed by atoms with Gasteiger partial charge in [0.2, 0.25) is 11.8 Å². The first-order valence-electron chi connectivity index (χ1n) is 17.1. The Morgan fingerprint density at radius 2 is 1.88 bits per heavy atom. The summed E-state index contributed by atoms with van der Waals surface area (Å²) in [5, 5.41) is 9.53. The molecule has 2 saturated heterocycles. The minimum absolute atomic E-state index is 0.145. The van der Waals surface area contributed by atoms with Crippen LogP contribution in [0.2, 0.25) is 5.02 Å². The topological polar surface area (TPSA) is 153 Å². The molecule has 270 valence electrons. The third-order valence-electron chi connectivity index (χ3n) is 9.36. The molecule has 52 heavy (non-hydrogen) atoms. The van der Waals surface area contributed by atoms with E-state index < -0.39 is 11.9 Å². The van der Waals surface area contributed by atoms with Gasteiger partial charge in [-0.25, -0.2) is 15.0 Å². The summed E-state index contributed by atoms with van der Waals surface area (Å²) in [6.07, 6.45) is 3.13. The van der Waals surface area contributed by atoms with Crippen LogP contribution in [0.1, 0.15) is 56.2 Å². The largest absolute Gasteiger partial charge is 0.354 e. The van der Waals surface area contributed by atoms with Gasteiger partial charge in [-0.1, -0.05) is 41.1 Å². The van der Waals surface area contributed by atoms with Crippen molar-refractivity contribution in [2.24, 2.45) is 0 Å². The SMILES string of the molecule is Cc1nc(Nc2ncc(C(=O)Nc3c(C)cccc3Cl)s2)cc(N2CCN(CCCSc3cccc4c3CN(C3CCC(=O)NC3=O)C4=O)CC2)n1. The molecule has 1 atom stereocenters. The lowest BCUT2D eigenvalue weighted by atomic mass is 10.0. The summed E-state index contributed by atoms with van der Waals surface area (Å²) in [7, 11) is 0. The van der Waals surface area contributed by atoms with Crippen molar-refractivity contribution in [2.75, 3.05) is 54.0 Å². The summed E-state index contributed by atoms with van der Waals surface area (Å²) < 4.78 is 0. The van der Waals surface area contributed by atoms with E-state index in [0.717, 1.165) is 66.7 Å². The lowest BCUT2D eigenvalue weighted by Crippen LogP contribution is -2.52. The molecule has 0 aliphatic carbocycles. The zero-order valence-corrected chi connectivity index (χ0v) is 31.2. The second kappa shape index (κ2) is 15.6. The maximum Gasteiger partial charge on any atom is 0.267 e. The van der Waals surface area contributed by atoms with Crippen molar-refractivity contribution >= 4 is 80.8 Å². The normalized spacial score (nSPS) is 17.7. The molecule has 1 unspecified atom stereocenters. The molecule has 0 saturated carbocycles. The van der Waals surface area contributed by atoms with Crippen LogP contribution in [0, 0.1) is 13.8 Å². The number of hydrogen-bond acceptors (Lipinski definition) is 12. The van der Waals surface area contributed by atoms with Crippen molar-refractivity contribution < 1.29 is 19.2 Å². The molecule has 0 bridgehead atoms. The number of para-hydroxylation sites is 1. The van der Waals surface area contributed by atoms with Crippen LogP contribution in [0.3, 0.4) is 0 Å². The number of nitrogens with zero attached hydrogens (tertiary/aromatic N) is 6. The number of aryl methyl sites for hydroxylation is 2. The quantitative estimate of drug-likeness (QED) is 0.104. The maximum atomic E-state index is 13.2. The molecule has 4 amide bonds. The van der Waals surface area contributed by atoms with Crippen molar-refractivity contribution in [2.45, 2.75) is 50.6 Å². The molecule has 2 aromatic heterocycles. The number of fused-ring (bicyclic) bond motifs is 1. The van der Waals surface area contributed by atoms with Gasteiger partial charge in [0.05, 0.1) is 16.9 Å². The molecule has 7 rings (SSSR count). The summed E-state index contributed by atoms with van der Waals surface area (Å²) in [5.74, 6) is 1.89. The number of anilines is 4. The highest BCUT2D eigenvalue weighted by Crippen LogP contribution is 2.35. The highest BCUT2D eigenvalue weighted by atomic mass is 35.5. The Labute approximate surface area is 314 Å². The third-order valence-corrected chi connectivity index (χ3v) is 11.8. The smallest absolute Gasteiger partial charge is 0.267 e. The molecule has 3 aliphatic heterocycles. The molecular weight excluding hydrogens is 722 g/mol. The number of piperidine rings is 1. The Hall–Kier alpha value is -4.57. The molecule has 3 aliphatic rings. The second-order valence-corrected chi connectivity index (χ2v) is 15.5. The molecule has 2 fully saturated rings. The molecule has 13 nitrogen and oxygen atoms in total. The Kier molecular flexibility index (Phi) is 10.7. The fourth-order valence-electron chi connectivity index (χ4n) is 6.65. The van der Waals surface area contributed by atoms with Crippen molar-refractivity contribution in [3.63, 3.8) is 0 Å². The van der Waals surface area contributed by atoms with Gasteiger partial charge in [-0.2, -0.15) is 0 Å². The first-order valence-corrected chi connectivity index (χ1v) is 19.3. The molecule has 4 aromatic rings. The summed E-state index contributed by atoms with van der Waals surface area (Å²) in [6, 6.07) is 12.5. The summed E-state index contributed by atoms with van der Waals surface area (Å²) >= 11 is 9.26. The van der Waals surface area contributed by atoms with Gasteiger partial charge in [-0.3, -0.25) is 29.4 Å². The molecule has 3 N–H and O–H groups in total. The molecule has 5 heterocycles. The first kappa shape index (κ1) is 35.8. The number of carbonyl (C=O) groups excluding carboxylic acids is 4. The van der Waals surface area contributed by atoms with Gasteiger partial charge < -0.3 is 20.4 Å². The third kappa shape index (κ3) is 7.92. The number of rotatable bonds is 11. The Bertz CT molecular complexity index is 2010. The highest BCUT2D eigenvalue weighted by Gasteiger charge is 2.39. The molecular formula is C36H38ClN9O4S2. The van der Waals surface area contributed by atoms with Crippen LogP contribution in [-0.4, -0.2) is 92.9 Å². The summed E-state index contributed by atoms with van der Waals surface area (Å²) in [4.78, 5) is 71.6. The van der Waals surface area contributed by atoms with E-state index in [0.29, 0.717) is 50.9 Å². The number of aromatic nitrogens is 3. The lowest BCUT2D eigenvalue weighted by molar-refractivity contribution is -0.136. The zero-order chi connectivity index (χ0) is 36.4. The van der Waals surface area contributed by atoms with Crippen molar-refractivity contribution in [3.8, 4) is 0 Å². The van der Waals surface area contributed by atoms with Gasteiger partial charge in [-0.15, -0.1) is 11.8 Å². The maximum absolute atomic E-state index is 13.2. The van der Waals surface area contributed by atoms with Gasteiger partial charge >= 0.3 is 0 Å². The number of thioether (sulfide) groups is 1. The summed E-state index contributed by atoms with van der Waals surface area (Å²) in [6.45, 7) is 8.57. The van der Waals surface area contributed by atoms with Crippen molar-refractivity contribution in [3.05, 3.63) is 81.1 Å². The van der Waals surface area contributed by atoms with E-state index in [9.17, 15) is 19.2 Å². The fourth-order valence-corrected chi connectivity index (χ4v) is 8.66. The van der Waals surface area contributed by atoms with E-state index in [4.69, 9.17) is 16.6 Å². The van der Waals surface area contributed by atoms with Crippen LogP contribution in [0.15, 0.2) is 53.6 Å². The first-order chi connectivity index (χ1) is 25.1. The molecule has 16 heteroatoms. The van der Waals surface area contributed by atoms with Crippen molar-refractivity contribution in [1.82, 2.24) is 30.1 Å². The number of carbonyl (C=O) groups is 4. The minimum Gasteiger partial charge on any atom is -0.354 e. The van der Waals surface area contributed by atoms with E-state index in [1.165, 1.54) is 17.5 Å². The van der Waals surface area contributed by atoms with Crippen LogP contribution < -0.4 is 20.9 Å². The zero-order valence-electron chi connectivity index (χ0n) is 28.8. The Balaban J connectivity index is 0.881. The van der Waals surface area contributed by atoms with Gasteiger partial charge in [0.1, 0.15) is 28.4 Å². The number of hydrogen-bond donors (Lipinski definition) is 3. The van der Waals surface area contributed by atoms with E-state index in [1.807, 2.05) is 50.2 Å². The number of thiazole rings is 1.